The molecule has 1 atom stereocenters. The molecule has 0 N–H and O–H groups in total. The van der Waals surface area contributed by atoms with Crippen molar-refractivity contribution in [1.29, 1.82) is 0 Å². The van der Waals surface area contributed by atoms with Crippen LogP contribution >= 0.6 is 0 Å². The average Bonchev–Trinajstić information content (AvgIpc) is 2.79. The van der Waals surface area contributed by atoms with E-state index >= 15 is 0 Å². The van der Waals surface area contributed by atoms with Crippen molar-refractivity contribution in [1.82, 2.24) is 0 Å². The highest BCUT2D eigenvalue weighted by Crippen LogP contribution is 2.46. The van der Waals surface area contributed by atoms with E-state index < -0.39 is 0 Å². The van der Waals surface area contributed by atoms with E-state index in [1.807, 2.05) is 18.2 Å². The third-order valence-corrected chi connectivity index (χ3v) is 3.82. The lowest BCUT2D eigenvalue weighted by molar-refractivity contribution is 0.895. The molecule has 0 amide bonds. The Labute approximate surface area is 114 Å². The number of allylic oxidation sites excluding steroid dienone is 13. The molecule has 0 saturated carbocycles. The second-order valence-electron chi connectivity index (χ2n) is 4.79. The molecule has 3 aliphatic carbocycles. The highest BCUT2D eigenvalue weighted by atomic mass is 14.3. The predicted octanol–water partition coefficient (Wildman–Crippen LogP) is 4.74. The topological polar surface area (TPSA) is 0 Å². The molecule has 0 fully saturated rings. The molecule has 0 aromatic carbocycles. The normalized spacial score (nSPS) is 25.7. The summed E-state index contributed by atoms with van der Waals surface area (Å²) in [6, 6.07) is 0. The molecule has 0 aromatic rings. The third kappa shape index (κ3) is 1.79. The van der Waals surface area contributed by atoms with Crippen LogP contribution in [0.2, 0.25) is 0 Å². The maximum atomic E-state index is 3.77. The lowest BCUT2D eigenvalue weighted by Crippen LogP contribution is -2.07. The molecule has 19 heavy (non-hydrogen) atoms. The summed E-state index contributed by atoms with van der Waals surface area (Å²) in [5.74, 6) is 0.380. The first-order chi connectivity index (χ1) is 9.36. The Morgan fingerprint density at radius 2 is 2.16 bits per heavy atom. The van der Waals surface area contributed by atoms with Crippen LogP contribution in [0.1, 0.15) is 13.3 Å². The molecule has 1 unspecified atom stereocenters. The van der Waals surface area contributed by atoms with Crippen LogP contribution in [0.3, 0.4) is 0 Å². The van der Waals surface area contributed by atoms with Crippen LogP contribution in [-0.4, -0.2) is 0 Å². The summed E-state index contributed by atoms with van der Waals surface area (Å²) < 4.78 is 0. The van der Waals surface area contributed by atoms with Crippen LogP contribution in [-0.2, 0) is 0 Å². The van der Waals surface area contributed by atoms with Gasteiger partial charge in [-0.05, 0) is 53.4 Å². The molecule has 0 bridgehead atoms. The van der Waals surface area contributed by atoms with Crippen molar-refractivity contribution in [3.8, 4) is 0 Å². The van der Waals surface area contributed by atoms with Gasteiger partial charge in [-0.25, -0.2) is 0 Å². The third-order valence-electron chi connectivity index (χ3n) is 3.82. The Kier molecular flexibility index (Phi) is 2.97. The number of hydrogen-bond acceptors (Lipinski definition) is 0. The fourth-order valence-electron chi connectivity index (χ4n) is 2.98. The van der Waals surface area contributed by atoms with Gasteiger partial charge in [-0.1, -0.05) is 54.5 Å². The fourth-order valence-corrected chi connectivity index (χ4v) is 2.98. The van der Waals surface area contributed by atoms with Gasteiger partial charge in [0.2, 0.25) is 0 Å². The van der Waals surface area contributed by atoms with E-state index in [0.717, 1.165) is 6.42 Å². The minimum atomic E-state index is 0.380. The summed E-state index contributed by atoms with van der Waals surface area (Å²) in [5.41, 5.74) is 13.0. The number of hydrogen-bond donors (Lipinski definition) is 0. The summed E-state index contributed by atoms with van der Waals surface area (Å²) >= 11 is 0. The molecule has 0 spiro atoms. The van der Waals surface area contributed by atoms with Gasteiger partial charge >= 0.3 is 0 Å². The smallest absolute Gasteiger partial charge is 0.0291 e. The molecule has 0 radical (unpaired) electrons. The van der Waals surface area contributed by atoms with Crippen LogP contribution in [0.4, 0.5) is 0 Å². The molecule has 0 heterocycles. The summed E-state index contributed by atoms with van der Waals surface area (Å²) in [6.45, 7) is 5.89. The molecule has 3 rings (SSSR count). The van der Waals surface area contributed by atoms with E-state index in [0.29, 0.717) is 5.92 Å². The maximum Gasteiger partial charge on any atom is 0.0291 e. The zero-order valence-electron chi connectivity index (χ0n) is 11.1. The Balaban J connectivity index is 2.22. The van der Waals surface area contributed by atoms with Crippen molar-refractivity contribution >= 4 is 0 Å². The van der Waals surface area contributed by atoms with Crippen LogP contribution in [0, 0.1) is 5.92 Å². The van der Waals surface area contributed by atoms with Crippen LogP contribution in [0.5, 0.6) is 0 Å². The lowest BCUT2D eigenvalue weighted by atomic mass is 9.83. The van der Waals surface area contributed by atoms with Crippen LogP contribution in [0.15, 0.2) is 94.5 Å². The van der Waals surface area contributed by atoms with Gasteiger partial charge in [0, 0.05) is 5.92 Å². The van der Waals surface area contributed by atoms with Gasteiger partial charge in [0.1, 0.15) is 0 Å². The largest absolute Gasteiger partial charge is 0.0991 e. The summed E-state index contributed by atoms with van der Waals surface area (Å²) in [6.07, 6.45) is 17.9. The molecular formula is C19H16. The van der Waals surface area contributed by atoms with Crippen molar-refractivity contribution < 1.29 is 0 Å². The van der Waals surface area contributed by atoms with Gasteiger partial charge in [-0.2, -0.15) is 0 Å². The van der Waals surface area contributed by atoms with E-state index in [4.69, 9.17) is 0 Å². The Bertz CT molecular complexity index is 686. The molecule has 92 valence electrons. The summed E-state index contributed by atoms with van der Waals surface area (Å²) in [5, 5.41) is 0. The monoisotopic (exact) mass is 244 g/mol. The fraction of sp³-hybridized carbons (Fsp3) is 0.158. The minimum Gasteiger partial charge on any atom is -0.0991 e. The second kappa shape index (κ2) is 4.78. The van der Waals surface area contributed by atoms with E-state index in [-0.39, 0.29) is 0 Å². The van der Waals surface area contributed by atoms with Gasteiger partial charge in [-0.15, -0.1) is 0 Å². The number of rotatable bonds is 2. The van der Waals surface area contributed by atoms with Crippen molar-refractivity contribution in [2.24, 2.45) is 5.92 Å². The predicted molar refractivity (Wildman–Crippen MR) is 80.6 cm³/mol. The lowest BCUT2D eigenvalue weighted by Gasteiger charge is -2.21. The van der Waals surface area contributed by atoms with Gasteiger partial charge in [0.15, 0.2) is 0 Å². The zero-order chi connectivity index (χ0) is 13.2. The first-order valence-corrected chi connectivity index (χ1v) is 6.64. The van der Waals surface area contributed by atoms with E-state index in [9.17, 15) is 0 Å². The van der Waals surface area contributed by atoms with Gasteiger partial charge < -0.3 is 0 Å². The molecule has 0 nitrogen and oxygen atoms in total. The van der Waals surface area contributed by atoms with E-state index in [2.05, 4.69) is 55.3 Å². The van der Waals surface area contributed by atoms with Gasteiger partial charge in [0.05, 0.1) is 0 Å². The van der Waals surface area contributed by atoms with Crippen LogP contribution < -0.4 is 0 Å². The molecule has 0 saturated heterocycles. The maximum absolute atomic E-state index is 3.77. The van der Waals surface area contributed by atoms with Crippen molar-refractivity contribution in [2.45, 2.75) is 13.3 Å². The van der Waals surface area contributed by atoms with E-state index in [1.54, 1.807) is 0 Å². The molecule has 0 aliphatic heterocycles. The number of fused-ring (bicyclic) bond motifs is 2. The Morgan fingerprint density at radius 1 is 1.32 bits per heavy atom. The van der Waals surface area contributed by atoms with E-state index in [1.165, 1.54) is 27.9 Å². The van der Waals surface area contributed by atoms with Gasteiger partial charge in [-0.3, -0.25) is 0 Å². The first kappa shape index (κ1) is 11.8. The standard InChI is InChI=1S/C19H16/c1-3-5-10-17-15-11-6-7-12-16(15)18-13-8-9-14(4-2)19(17)18/h3-5,8,10-13,18H,1,9H2,2H3/b10-5-,14-4-. The molecule has 0 aromatic heterocycles. The quantitative estimate of drug-likeness (QED) is 0.374. The molecule has 3 aliphatic rings. The molecule has 0 heteroatoms. The van der Waals surface area contributed by atoms with Crippen molar-refractivity contribution in [3.05, 3.63) is 94.5 Å². The van der Waals surface area contributed by atoms with Crippen molar-refractivity contribution in [2.75, 3.05) is 0 Å². The highest BCUT2D eigenvalue weighted by molar-refractivity contribution is 5.69. The zero-order valence-corrected chi connectivity index (χ0v) is 11.1. The highest BCUT2D eigenvalue weighted by Gasteiger charge is 2.32. The van der Waals surface area contributed by atoms with Gasteiger partial charge in [0.25, 0.3) is 0 Å². The van der Waals surface area contributed by atoms with Crippen LogP contribution in [0.25, 0.3) is 0 Å². The molecular weight excluding hydrogens is 228 g/mol. The minimum absolute atomic E-state index is 0.380. The second-order valence-corrected chi connectivity index (χ2v) is 4.79. The Morgan fingerprint density at radius 3 is 2.95 bits per heavy atom. The SMILES string of the molecule is C=C/C=C\C1=C2C(=C\C)/CC=CC2C2=C1C=C=C=C2. The first-order valence-electron chi connectivity index (χ1n) is 6.64. The Hall–Kier alpha value is -2.26. The average molecular weight is 244 g/mol. The summed E-state index contributed by atoms with van der Waals surface area (Å²) in [4.78, 5) is 0. The van der Waals surface area contributed by atoms with Crippen molar-refractivity contribution in [3.63, 3.8) is 0 Å². The summed E-state index contributed by atoms with van der Waals surface area (Å²) in [7, 11) is 0.